The van der Waals surface area contributed by atoms with Crippen molar-refractivity contribution < 1.29 is 51.4 Å². The van der Waals surface area contributed by atoms with Crippen LogP contribution in [0.1, 0.15) is 12.5 Å². The zero-order valence-corrected chi connectivity index (χ0v) is 25.0. The number of hydrogen-bond acceptors (Lipinski definition) is 17. The lowest BCUT2D eigenvalue weighted by Crippen LogP contribution is -2.36. The number of ether oxygens (including phenoxy) is 2. The molecule has 20 nitrogen and oxygen atoms in total. The number of aliphatic hydroxyl groups is 1. The third-order valence-electron chi connectivity index (χ3n) is 7.38. The van der Waals surface area contributed by atoms with E-state index in [1.165, 1.54) is 23.2 Å². The summed E-state index contributed by atoms with van der Waals surface area (Å²) in [5.41, 5.74) is 11.3. The van der Waals surface area contributed by atoms with E-state index in [1.54, 1.807) is 0 Å². The lowest BCUT2D eigenvalue weighted by atomic mass is 10.1. The first-order valence-electron chi connectivity index (χ1n) is 13.0. The van der Waals surface area contributed by atoms with E-state index in [-0.39, 0.29) is 34.0 Å². The van der Waals surface area contributed by atoms with Gasteiger partial charge in [-0.15, -0.1) is 0 Å². The Morgan fingerprint density at radius 3 is 2.49 bits per heavy atom. The highest BCUT2D eigenvalue weighted by molar-refractivity contribution is 8.06. The predicted octanol–water partition coefficient (Wildman–Crippen LogP) is -1.27. The molecule has 0 radical (unpaired) electrons. The topological polar surface area (TPSA) is 282 Å². The number of phosphoric ester groups is 1. The summed E-state index contributed by atoms with van der Waals surface area (Å²) in [5, 5.41) is 11.0. The summed E-state index contributed by atoms with van der Waals surface area (Å²) < 4.78 is 64.1. The fourth-order valence-corrected chi connectivity index (χ4v) is 7.69. The Bertz CT molecular complexity index is 1940. The molecule has 0 saturated carbocycles. The minimum atomic E-state index is -5.10. The average molecular weight is 690 g/mol. The highest BCUT2D eigenvalue weighted by Crippen LogP contribution is 2.53. The number of anilines is 2. The number of fused-ring (bicyclic) bond motifs is 5. The SMILES string of the molecule is Nc1nc2c(ncn2[C@@H]2O[C@@H]3COP(=O)(O)OC4[C@@H](COP([O-])(=S)O[C@H]2C3O)O[C@@H](n2cnc3c(N)ccnc32)[C@H]4F)c(=O)[nH]1. The summed E-state index contributed by atoms with van der Waals surface area (Å²) in [5.74, 6) is -0.263. The molecule has 7 N–H and O–H groups in total. The first-order valence-corrected chi connectivity index (χ1v) is 17.1. The molecule has 3 aliphatic heterocycles. The molecule has 3 fully saturated rings. The standard InChI is InChI=1S/C21H24FN9O11P2S/c22-10-14-9(40-19(10)30-5-26-11-7(23)1-2-25-16(11)30)4-38-44(36,45)42-15-13(32)8(3-37-43(34,35)41-14)39-20(15)31-6-27-12-17(31)28-21(24)29-18(12)33/h1-2,5-6,8-10,13-15,19-20,32H,3-4H2,(H2,23,25)(H,34,35)(H,36,45)(H3,24,28,29,33)/p-1/t8-,9-,10+,13?,14?,15+,19-,20-,44?/m1/s1. The van der Waals surface area contributed by atoms with Crippen molar-refractivity contribution in [1.29, 1.82) is 0 Å². The molecule has 0 aliphatic carbocycles. The Labute approximate surface area is 254 Å². The Morgan fingerprint density at radius 2 is 1.71 bits per heavy atom. The van der Waals surface area contributed by atoms with Gasteiger partial charge in [-0.25, -0.2) is 23.9 Å². The summed E-state index contributed by atoms with van der Waals surface area (Å²) >= 11 is 5.08. The maximum absolute atomic E-state index is 15.9. The summed E-state index contributed by atoms with van der Waals surface area (Å²) in [6.45, 7) is -6.12. The first kappa shape index (κ1) is 30.7. The molecule has 3 aliphatic rings. The average Bonchev–Trinajstić information content (AvgIpc) is 3.72. The molecule has 0 amide bonds. The molecule has 0 aromatic carbocycles. The van der Waals surface area contributed by atoms with Gasteiger partial charge in [-0.05, 0) is 6.07 Å². The number of aliphatic hydroxyl groups excluding tert-OH is 1. The van der Waals surface area contributed by atoms with Gasteiger partial charge in [0.15, 0.2) is 35.4 Å². The molecular formula is C21H23FN9O11P2S-. The van der Waals surface area contributed by atoms with E-state index in [1.807, 2.05) is 0 Å². The maximum Gasteiger partial charge on any atom is 0.472 e. The molecule has 10 atom stereocenters. The molecule has 4 unspecified atom stereocenters. The van der Waals surface area contributed by atoms with E-state index >= 15 is 4.39 Å². The van der Waals surface area contributed by atoms with Gasteiger partial charge < -0.3 is 44.9 Å². The largest absolute Gasteiger partial charge is 0.780 e. The lowest BCUT2D eigenvalue weighted by Gasteiger charge is -2.34. The van der Waals surface area contributed by atoms with Crippen LogP contribution < -0.4 is 21.9 Å². The second kappa shape index (κ2) is 11.1. The van der Waals surface area contributed by atoms with Crippen LogP contribution in [-0.4, -0.2) is 94.0 Å². The number of nitrogens with one attached hydrogen (secondary N) is 1. The van der Waals surface area contributed by atoms with E-state index in [0.29, 0.717) is 0 Å². The van der Waals surface area contributed by atoms with Crippen LogP contribution in [0.2, 0.25) is 0 Å². The Kier molecular flexibility index (Phi) is 7.55. The molecule has 4 aromatic rings. The molecule has 4 aromatic heterocycles. The van der Waals surface area contributed by atoms with Gasteiger partial charge in [-0.3, -0.25) is 28.0 Å². The number of nitrogen functional groups attached to an aromatic ring is 2. The number of pyridine rings is 1. The molecular weight excluding hydrogens is 667 g/mol. The molecule has 242 valence electrons. The molecule has 3 saturated heterocycles. The number of halogens is 1. The number of imidazole rings is 2. The van der Waals surface area contributed by atoms with Crippen LogP contribution in [0.15, 0.2) is 29.7 Å². The third kappa shape index (κ3) is 5.45. The summed E-state index contributed by atoms with van der Waals surface area (Å²) in [7, 11) is -5.10. The lowest BCUT2D eigenvalue weighted by molar-refractivity contribution is -0.218. The second-order valence-electron chi connectivity index (χ2n) is 10.2. The van der Waals surface area contributed by atoms with Crippen molar-refractivity contribution in [3.8, 4) is 0 Å². The van der Waals surface area contributed by atoms with Crippen LogP contribution in [0.5, 0.6) is 0 Å². The fourth-order valence-electron chi connectivity index (χ4n) is 5.34. The van der Waals surface area contributed by atoms with Crippen LogP contribution in [0.3, 0.4) is 0 Å². The van der Waals surface area contributed by atoms with Crippen molar-refractivity contribution in [3.63, 3.8) is 0 Å². The van der Waals surface area contributed by atoms with Crippen molar-refractivity contribution >= 4 is 60.3 Å². The first-order chi connectivity index (χ1) is 21.3. The maximum atomic E-state index is 15.9. The van der Waals surface area contributed by atoms with Crippen molar-refractivity contribution in [3.05, 3.63) is 35.3 Å². The van der Waals surface area contributed by atoms with Gasteiger partial charge in [0.05, 0.1) is 31.6 Å². The number of nitrogens with two attached hydrogens (primary N) is 2. The summed E-state index contributed by atoms with van der Waals surface area (Å²) in [4.78, 5) is 54.9. The van der Waals surface area contributed by atoms with Gasteiger partial charge in [0.1, 0.15) is 42.8 Å². The van der Waals surface area contributed by atoms with Crippen molar-refractivity contribution in [1.82, 2.24) is 34.1 Å². The van der Waals surface area contributed by atoms with Gasteiger partial charge in [-0.1, -0.05) is 11.8 Å². The van der Waals surface area contributed by atoms with Gasteiger partial charge >= 0.3 is 7.82 Å². The smallest absolute Gasteiger partial charge is 0.472 e. The predicted molar refractivity (Wildman–Crippen MR) is 149 cm³/mol. The number of rotatable bonds is 2. The number of phosphoric acid groups is 1. The number of aromatic amines is 1. The van der Waals surface area contributed by atoms with Gasteiger partial charge in [-0.2, -0.15) is 4.98 Å². The molecule has 0 spiro atoms. The Morgan fingerprint density at radius 1 is 1.02 bits per heavy atom. The zero-order chi connectivity index (χ0) is 31.8. The number of alkyl halides is 1. The number of hydrogen-bond donors (Lipinski definition) is 5. The van der Waals surface area contributed by atoms with E-state index < -0.39 is 82.5 Å². The minimum Gasteiger partial charge on any atom is -0.780 e. The van der Waals surface area contributed by atoms with Gasteiger partial charge in [0, 0.05) is 6.20 Å². The highest BCUT2D eigenvalue weighted by atomic mass is 32.5. The normalized spacial score (nSPS) is 37.7. The van der Waals surface area contributed by atoms with Crippen molar-refractivity contribution in [2.75, 3.05) is 24.7 Å². The van der Waals surface area contributed by atoms with E-state index in [4.69, 9.17) is 50.8 Å². The van der Waals surface area contributed by atoms with Crippen LogP contribution in [0, 0.1) is 0 Å². The summed E-state index contributed by atoms with van der Waals surface area (Å²) in [6, 6.07) is 1.49. The zero-order valence-electron chi connectivity index (χ0n) is 22.4. The second-order valence-corrected chi connectivity index (χ2v) is 14.3. The number of aromatic nitrogens is 7. The molecule has 7 rings (SSSR count). The number of H-pyrrole nitrogens is 1. The third-order valence-corrected chi connectivity index (χ3v) is 9.90. The van der Waals surface area contributed by atoms with Crippen LogP contribution in [-0.2, 0) is 43.9 Å². The van der Waals surface area contributed by atoms with E-state index in [0.717, 1.165) is 10.9 Å². The molecule has 7 heterocycles. The van der Waals surface area contributed by atoms with Crippen molar-refractivity contribution in [2.24, 2.45) is 0 Å². The number of nitrogens with zero attached hydrogens (tertiary/aromatic N) is 6. The van der Waals surface area contributed by atoms with Crippen LogP contribution in [0.25, 0.3) is 22.3 Å². The fraction of sp³-hybridized carbons (Fsp3) is 0.476. The monoisotopic (exact) mass is 690 g/mol. The van der Waals surface area contributed by atoms with Crippen LogP contribution >= 0.6 is 14.5 Å². The van der Waals surface area contributed by atoms with Gasteiger partial charge in [0.2, 0.25) is 5.95 Å². The van der Waals surface area contributed by atoms with Crippen molar-refractivity contribution in [2.45, 2.75) is 49.1 Å². The molecule has 24 heteroatoms. The summed E-state index contributed by atoms with van der Waals surface area (Å²) in [6.07, 6.45) is -9.37. The quantitative estimate of drug-likeness (QED) is 0.153. The Hall–Kier alpha value is -2.98. The molecule has 45 heavy (non-hydrogen) atoms. The molecule has 2 bridgehead atoms. The van der Waals surface area contributed by atoms with Crippen LogP contribution in [0.4, 0.5) is 16.0 Å². The van der Waals surface area contributed by atoms with Gasteiger partial charge in [0.25, 0.3) is 5.56 Å². The van der Waals surface area contributed by atoms with E-state index in [9.17, 15) is 24.3 Å². The Balaban J connectivity index is 1.21. The highest BCUT2D eigenvalue weighted by Gasteiger charge is 2.53. The van der Waals surface area contributed by atoms with E-state index in [2.05, 4.69) is 24.9 Å². The minimum absolute atomic E-state index is 0.0912.